The van der Waals surface area contributed by atoms with Gasteiger partial charge in [-0.1, -0.05) is 12.1 Å². The van der Waals surface area contributed by atoms with E-state index in [1.165, 1.54) is 6.21 Å². The molecule has 0 heterocycles. The van der Waals surface area contributed by atoms with Gasteiger partial charge in [0.25, 0.3) is 5.91 Å². The fourth-order valence-corrected chi connectivity index (χ4v) is 3.04. The van der Waals surface area contributed by atoms with E-state index in [2.05, 4.69) is 10.5 Å². The van der Waals surface area contributed by atoms with Crippen molar-refractivity contribution >= 4 is 18.1 Å². The third-order valence-corrected chi connectivity index (χ3v) is 4.63. The molecular formula is C27H28N2O6. The zero-order valence-corrected chi connectivity index (χ0v) is 19.9. The second kappa shape index (κ2) is 12.8. The molecule has 0 spiro atoms. The van der Waals surface area contributed by atoms with Gasteiger partial charge in [0.05, 0.1) is 25.0 Å². The maximum Gasteiger partial charge on any atom is 0.343 e. The maximum atomic E-state index is 12.6. The van der Waals surface area contributed by atoms with Crippen LogP contribution < -0.4 is 24.4 Å². The topological polar surface area (TPSA) is 95.5 Å². The molecule has 0 aromatic heterocycles. The van der Waals surface area contributed by atoms with Crippen molar-refractivity contribution in [3.05, 3.63) is 83.4 Å². The highest BCUT2D eigenvalue weighted by Gasteiger charge is 2.13. The second-order valence-corrected chi connectivity index (χ2v) is 7.38. The van der Waals surface area contributed by atoms with Crippen LogP contribution >= 0.6 is 0 Å². The summed E-state index contributed by atoms with van der Waals surface area (Å²) in [5, 5.41) is 3.95. The molecule has 0 atom stereocenters. The number of aryl methyl sites for hydroxylation is 1. The van der Waals surface area contributed by atoms with Crippen molar-refractivity contribution in [1.82, 2.24) is 5.43 Å². The Kier molecular flexibility index (Phi) is 9.24. The van der Waals surface area contributed by atoms with Crippen LogP contribution in [0.5, 0.6) is 23.0 Å². The first-order valence-electron chi connectivity index (χ1n) is 11.2. The third-order valence-electron chi connectivity index (χ3n) is 4.63. The first kappa shape index (κ1) is 25.3. The molecule has 0 unspecified atom stereocenters. The molecule has 8 heteroatoms. The third kappa shape index (κ3) is 7.89. The van der Waals surface area contributed by atoms with E-state index in [-0.39, 0.29) is 12.4 Å². The van der Waals surface area contributed by atoms with Crippen LogP contribution in [0, 0.1) is 6.92 Å². The van der Waals surface area contributed by atoms with Gasteiger partial charge in [-0.25, -0.2) is 10.2 Å². The Bertz CT molecular complexity index is 1170. The fraction of sp³-hybridized carbons (Fsp3) is 0.222. The summed E-state index contributed by atoms with van der Waals surface area (Å²) in [6.45, 7) is 6.42. The molecule has 0 radical (unpaired) electrons. The number of hydrazone groups is 1. The minimum absolute atomic E-state index is 0.161. The monoisotopic (exact) mass is 476 g/mol. The lowest BCUT2D eigenvalue weighted by Crippen LogP contribution is -2.24. The number of hydrogen-bond donors (Lipinski definition) is 1. The van der Waals surface area contributed by atoms with Gasteiger partial charge in [0.2, 0.25) is 0 Å². The summed E-state index contributed by atoms with van der Waals surface area (Å²) < 4.78 is 22.0. The van der Waals surface area contributed by atoms with Crippen LogP contribution in [0.4, 0.5) is 0 Å². The Morgan fingerprint density at radius 1 is 0.857 bits per heavy atom. The van der Waals surface area contributed by atoms with Gasteiger partial charge in [-0.05, 0) is 86.5 Å². The van der Waals surface area contributed by atoms with E-state index in [9.17, 15) is 9.59 Å². The van der Waals surface area contributed by atoms with Crippen LogP contribution in [-0.2, 0) is 4.79 Å². The molecule has 1 N–H and O–H groups in total. The SMILES string of the molecule is CCOc1ccc(C(=O)Oc2ccc(C=NNC(=O)COc3cccc(C)c3)cc2OCC)cc1. The fourth-order valence-electron chi connectivity index (χ4n) is 3.04. The van der Waals surface area contributed by atoms with Crippen LogP contribution in [0.15, 0.2) is 71.8 Å². The lowest BCUT2D eigenvalue weighted by Gasteiger charge is -2.11. The zero-order chi connectivity index (χ0) is 25.0. The Hall–Kier alpha value is -4.33. The van der Waals surface area contributed by atoms with Crippen LogP contribution in [0.3, 0.4) is 0 Å². The number of carbonyl (C=O) groups is 2. The molecule has 0 fully saturated rings. The zero-order valence-electron chi connectivity index (χ0n) is 19.9. The van der Waals surface area contributed by atoms with Gasteiger partial charge in [0, 0.05) is 0 Å². The molecule has 8 nitrogen and oxygen atoms in total. The van der Waals surface area contributed by atoms with E-state index in [4.69, 9.17) is 18.9 Å². The number of rotatable bonds is 11. The number of carbonyl (C=O) groups excluding carboxylic acids is 2. The van der Waals surface area contributed by atoms with Crippen LogP contribution in [0.1, 0.15) is 35.3 Å². The molecule has 0 aliphatic carbocycles. The highest BCUT2D eigenvalue weighted by atomic mass is 16.6. The van der Waals surface area contributed by atoms with E-state index < -0.39 is 11.9 Å². The summed E-state index contributed by atoms with van der Waals surface area (Å²) in [6.07, 6.45) is 1.46. The van der Waals surface area contributed by atoms with Gasteiger partial charge in [0.1, 0.15) is 11.5 Å². The van der Waals surface area contributed by atoms with Crippen molar-refractivity contribution in [3.8, 4) is 23.0 Å². The van der Waals surface area contributed by atoms with Crippen molar-refractivity contribution < 1.29 is 28.5 Å². The molecule has 0 saturated heterocycles. The Morgan fingerprint density at radius 3 is 2.34 bits per heavy atom. The lowest BCUT2D eigenvalue weighted by atomic mass is 10.2. The van der Waals surface area contributed by atoms with Crippen LogP contribution in [0.25, 0.3) is 0 Å². The molecule has 182 valence electrons. The van der Waals surface area contributed by atoms with E-state index in [0.717, 1.165) is 5.56 Å². The summed E-state index contributed by atoms with van der Waals surface area (Å²) in [4.78, 5) is 24.5. The summed E-state index contributed by atoms with van der Waals surface area (Å²) in [6, 6.07) is 19.1. The van der Waals surface area contributed by atoms with Gasteiger partial charge in [-0.15, -0.1) is 0 Å². The Morgan fingerprint density at radius 2 is 1.63 bits per heavy atom. The molecule has 35 heavy (non-hydrogen) atoms. The summed E-state index contributed by atoms with van der Waals surface area (Å²) in [5.41, 5.74) is 4.49. The summed E-state index contributed by atoms with van der Waals surface area (Å²) >= 11 is 0. The van der Waals surface area contributed by atoms with Crippen molar-refractivity contribution in [2.75, 3.05) is 19.8 Å². The van der Waals surface area contributed by atoms with Crippen molar-refractivity contribution in [1.29, 1.82) is 0 Å². The standard InChI is InChI=1S/C27H28N2O6/c1-4-32-22-12-10-21(11-13-22)27(31)35-24-14-9-20(16-25(24)33-5-2)17-28-29-26(30)18-34-23-8-6-7-19(3)15-23/h6-17H,4-5,18H2,1-3H3,(H,29,30). The van der Waals surface area contributed by atoms with E-state index >= 15 is 0 Å². The number of benzene rings is 3. The highest BCUT2D eigenvalue weighted by molar-refractivity contribution is 5.92. The molecule has 3 aromatic rings. The summed E-state index contributed by atoms with van der Waals surface area (Å²) in [5.74, 6) is 1.03. The Balaban J connectivity index is 1.59. The first-order valence-corrected chi connectivity index (χ1v) is 11.2. The number of ether oxygens (including phenoxy) is 4. The minimum atomic E-state index is -0.517. The van der Waals surface area contributed by atoms with Gasteiger partial charge in [-0.2, -0.15) is 5.10 Å². The number of nitrogens with zero attached hydrogens (tertiary/aromatic N) is 1. The smallest absolute Gasteiger partial charge is 0.343 e. The van der Waals surface area contributed by atoms with Gasteiger partial charge in [-0.3, -0.25) is 4.79 Å². The van der Waals surface area contributed by atoms with Crippen molar-refractivity contribution in [2.45, 2.75) is 20.8 Å². The first-order chi connectivity index (χ1) is 17.0. The molecule has 0 aliphatic rings. The van der Waals surface area contributed by atoms with Crippen molar-refractivity contribution in [3.63, 3.8) is 0 Å². The van der Waals surface area contributed by atoms with Gasteiger partial charge in [0.15, 0.2) is 18.1 Å². The highest BCUT2D eigenvalue weighted by Crippen LogP contribution is 2.29. The lowest BCUT2D eigenvalue weighted by molar-refractivity contribution is -0.123. The molecule has 0 aliphatic heterocycles. The second-order valence-electron chi connectivity index (χ2n) is 7.38. The van der Waals surface area contributed by atoms with E-state index in [1.54, 1.807) is 48.5 Å². The predicted molar refractivity (Wildman–Crippen MR) is 133 cm³/mol. The number of amides is 1. The quantitative estimate of drug-likeness (QED) is 0.189. The van der Waals surface area contributed by atoms with Gasteiger partial charge >= 0.3 is 5.97 Å². The van der Waals surface area contributed by atoms with Gasteiger partial charge < -0.3 is 18.9 Å². The normalized spacial score (nSPS) is 10.6. The van der Waals surface area contributed by atoms with Crippen LogP contribution in [0.2, 0.25) is 0 Å². The number of esters is 1. The molecule has 0 bridgehead atoms. The van der Waals surface area contributed by atoms with E-state index in [0.29, 0.717) is 41.6 Å². The molecule has 3 aromatic carbocycles. The number of hydrogen-bond acceptors (Lipinski definition) is 7. The number of nitrogens with one attached hydrogen (secondary N) is 1. The van der Waals surface area contributed by atoms with Crippen LogP contribution in [-0.4, -0.2) is 37.9 Å². The largest absolute Gasteiger partial charge is 0.494 e. The molecule has 1 amide bonds. The summed E-state index contributed by atoms with van der Waals surface area (Å²) in [7, 11) is 0. The molecule has 3 rings (SSSR count). The minimum Gasteiger partial charge on any atom is -0.494 e. The van der Waals surface area contributed by atoms with E-state index in [1.807, 2.05) is 39.0 Å². The molecule has 0 saturated carbocycles. The molecular weight excluding hydrogens is 448 g/mol. The average molecular weight is 477 g/mol. The predicted octanol–water partition coefficient (Wildman–Crippen LogP) is 4.54. The average Bonchev–Trinajstić information content (AvgIpc) is 2.85. The maximum absolute atomic E-state index is 12.6. The Labute approximate surface area is 204 Å². The van der Waals surface area contributed by atoms with Crippen molar-refractivity contribution in [2.24, 2.45) is 5.10 Å².